The molecule has 0 heterocycles. The van der Waals surface area contributed by atoms with Gasteiger partial charge < -0.3 is 11.1 Å². The quantitative estimate of drug-likeness (QED) is 0.729. The van der Waals surface area contributed by atoms with Crippen LogP contribution in [0, 0.1) is 5.82 Å². The van der Waals surface area contributed by atoms with Crippen molar-refractivity contribution in [2.24, 2.45) is 0 Å². The van der Waals surface area contributed by atoms with E-state index in [-0.39, 0.29) is 5.82 Å². The first-order valence-corrected chi connectivity index (χ1v) is 6.49. The van der Waals surface area contributed by atoms with E-state index in [4.69, 9.17) is 28.9 Å². The molecule has 0 fully saturated rings. The second kappa shape index (κ2) is 5.34. The molecule has 3 N–H and O–H groups in total. The molecule has 0 aliphatic rings. The summed E-state index contributed by atoms with van der Waals surface area (Å²) >= 11 is 14.8. The number of hydrogen-bond donors (Lipinski definition) is 2. The monoisotopic (exact) mass is 348 g/mol. The van der Waals surface area contributed by atoms with Crippen LogP contribution in [0.5, 0.6) is 0 Å². The second-order valence-electron chi connectivity index (χ2n) is 3.61. The topological polar surface area (TPSA) is 38.0 Å². The number of nitrogen functional groups attached to an aromatic ring is 1. The molecule has 0 saturated carbocycles. The molecule has 0 spiro atoms. The molecule has 0 radical (unpaired) electrons. The van der Waals surface area contributed by atoms with Crippen molar-refractivity contribution in [2.45, 2.75) is 0 Å². The summed E-state index contributed by atoms with van der Waals surface area (Å²) in [6, 6.07) is 7.81. The van der Waals surface area contributed by atoms with Crippen LogP contribution >= 0.6 is 39.1 Å². The van der Waals surface area contributed by atoms with E-state index in [1.54, 1.807) is 24.3 Å². The van der Waals surface area contributed by atoms with E-state index in [1.165, 1.54) is 6.07 Å². The fraction of sp³-hybridized carbons (Fsp3) is 0. The van der Waals surface area contributed by atoms with Crippen LogP contribution in [0.15, 0.2) is 34.8 Å². The molecule has 2 aromatic rings. The summed E-state index contributed by atoms with van der Waals surface area (Å²) in [4.78, 5) is 0. The van der Waals surface area contributed by atoms with Gasteiger partial charge in [0.2, 0.25) is 0 Å². The smallest absolute Gasteiger partial charge is 0.139 e. The van der Waals surface area contributed by atoms with Crippen LogP contribution in [0.3, 0.4) is 0 Å². The SMILES string of the molecule is Nc1cc(Cl)c(Cl)cc1Nc1ccc(Br)c(F)c1. The third-order valence-electron chi connectivity index (χ3n) is 2.29. The minimum absolute atomic E-state index is 0.362. The lowest BCUT2D eigenvalue weighted by atomic mass is 10.2. The van der Waals surface area contributed by atoms with Gasteiger partial charge in [0, 0.05) is 5.69 Å². The van der Waals surface area contributed by atoms with Gasteiger partial charge >= 0.3 is 0 Å². The number of nitrogens with one attached hydrogen (secondary N) is 1. The Hall–Kier alpha value is -0.970. The zero-order valence-electron chi connectivity index (χ0n) is 8.98. The minimum atomic E-state index is -0.362. The van der Waals surface area contributed by atoms with Crippen LogP contribution in [-0.2, 0) is 0 Å². The highest BCUT2D eigenvalue weighted by Crippen LogP contribution is 2.33. The van der Waals surface area contributed by atoms with Gasteiger partial charge in [-0.3, -0.25) is 0 Å². The molecular weight excluding hydrogens is 342 g/mol. The zero-order valence-corrected chi connectivity index (χ0v) is 12.1. The van der Waals surface area contributed by atoms with Crippen LogP contribution in [0.25, 0.3) is 0 Å². The summed E-state index contributed by atoms with van der Waals surface area (Å²) in [5, 5.41) is 3.74. The van der Waals surface area contributed by atoms with Crippen LogP contribution in [0.1, 0.15) is 0 Å². The zero-order chi connectivity index (χ0) is 13.3. The van der Waals surface area contributed by atoms with Crippen molar-refractivity contribution >= 4 is 56.2 Å². The molecule has 0 aliphatic carbocycles. The number of halogens is 4. The van der Waals surface area contributed by atoms with E-state index in [2.05, 4.69) is 21.2 Å². The summed E-state index contributed by atoms with van der Waals surface area (Å²) in [7, 11) is 0. The van der Waals surface area contributed by atoms with E-state index in [0.29, 0.717) is 31.6 Å². The van der Waals surface area contributed by atoms with Gasteiger partial charge in [0.1, 0.15) is 5.82 Å². The maximum atomic E-state index is 13.4. The molecule has 0 aromatic heterocycles. The number of nitrogens with two attached hydrogens (primary N) is 1. The Morgan fingerprint density at radius 1 is 1.11 bits per heavy atom. The summed E-state index contributed by atoms with van der Waals surface area (Å²) in [5.41, 5.74) is 7.38. The Balaban J connectivity index is 2.34. The van der Waals surface area contributed by atoms with Crippen molar-refractivity contribution in [2.75, 3.05) is 11.1 Å². The third kappa shape index (κ3) is 2.88. The van der Waals surface area contributed by atoms with E-state index in [0.717, 1.165) is 0 Å². The van der Waals surface area contributed by atoms with E-state index in [9.17, 15) is 4.39 Å². The predicted molar refractivity (Wildman–Crippen MR) is 78.3 cm³/mol. The second-order valence-corrected chi connectivity index (χ2v) is 5.28. The molecule has 2 rings (SSSR count). The van der Waals surface area contributed by atoms with Crippen molar-refractivity contribution in [3.8, 4) is 0 Å². The summed E-state index contributed by atoms with van der Waals surface area (Å²) in [6.07, 6.45) is 0. The molecule has 0 aliphatic heterocycles. The molecule has 0 saturated heterocycles. The fourth-order valence-corrected chi connectivity index (χ4v) is 1.98. The van der Waals surface area contributed by atoms with Crippen molar-refractivity contribution in [1.82, 2.24) is 0 Å². The van der Waals surface area contributed by atoms with Crippen LogP contribution in [-0.4, -0.2) is 0 Å². The summed E-state index contributed by atoms with van der Waals surface area (Å²) in [6.45, 7) is 0. The molecule has 94 valence electrons. The van der Waals surface area contributed by atoms with Gasteiger partial charge in [0.05, 0.1) is 25.9 Å². The van der Waals surface area contributed by atoms with Crippen molar-refractivity contribution in [3.63, 3.8) is 0 Å². The number of anilines is 3. The normalized spacial score (nSPS) is 10.4. The molecule has 0 unspecified atom stereocenters. The molecule has 6 heteroatoms. The van der Waals surface area contributed by atoms with Crippen LogP contribution in [0.4, 0.5) is 21.5 Å². The Labute approximate surface area is 122 Å². The highest BCUT2D eigenvalue weighted by molar-refractivity contribution is 9.10. The molecule has 0 bridgehead atoms. The van der Waals surface area contributed by atoms with E-state index < -0.39 is 0 Å². The first kappa shape index (κ1) is 13.5. The lowest BCUT2D eigenvalue weighted by Crippen LogP contribution is -1.97. The lowest BCUT2D eigenvalue weighted by molar-refractivity contribution is 0.622. The Kier molecular flexibility index (Phi) is 4.00. The molecule has 18 heavy (non-hydrogen) atoms. The van der Waals surface area contributed by atoms with Gasteiger partial charge in [0.25, 0.3) is 0 Å². The molecular formula is C12H8BrCl2FN2. The number of hydrogen-bond acceptors (Lipinski definition) is 2. The van der Waals surface area contributed by atoms with Crippen molar-refractivity contribution in [1.29, 1.82) is 0 Å². The average molecular weight is 350 g/mol. The number of benzene rings is 2. The third-order valence-corrected chi connectivity index (χ3v) is 3.66. The molecule has 0 amide bonds. The fourth-order valence-electron chi connectivity index (χ4n) is 1.40. The van der Waals surface area contributed by atoms with Gasteiger partial charge in [-0.25, -0.2) is 4.39 Å². The Morgan fingerprint density at radius 2 is 1.78 bits per heavy atom. The predicted octanol–water partition coefficient (Wildman–Crippen LogP) is 5.22. The number of rotatable bonds is 2. The van der Waals surface area contributed by atoms with E-state index >= 15 is 0 Å². The minimum Gasteiger partial charge on any atom is -0.397 e. The largest absolute Gasteiger partial charge is 0.397 e. The van der Waals surface area contributed by atoms with E-state index in [1.807, 2.05) is 0 Å². The Morgan fingerprint density at radius 3 is 2.44 bits per heavy atom. The highest BCUT2D eigenvalue weighted by atomic mass is 79.9. The summed E-state index contributed by atoms with van der Waals surface area (Å²) in [5.74, 6) is -0.362. The van der Waals surface area contributed by atoms with Gasteiger partial charge in [-0.05, 0) is 46.3 Å². The standard InChI is InChI=1S/C12H8BrCl2FN2/c13-7-2-1-6(3-10(7)16)18-12-5-9(15)8(14)4-11(12)17/h1-5,18H,17H2. The Bertz CT molecular complexity index is 605. The summed E-state index contributed by atoms with van der Waals surface area (Å²) < 4.78 is 13.8. The van der Waals surface area contributed by atoms with Gasteiger partial charge in [-0.2, -0.15) is 0 Å². The average Bonchev–Trinajstić information content (AvgIpc) is 2.31. The molecule has 2 nitrogen and oxygen atoms in total. The van der Waals surface area contributed by atoms with Gasteiger partial charge in [-0.15, -0.1) is 0 Å². The first-order chi connectivity index (χ1) is 8.47. The highest BCUT2D eigenvalue weighted by Gasteiger charge is 2.06. The lowest BCUT2D eigenvalue weighted by Gasteiger charge is -2.11. The van der Waals surface area contributed by atoms with Gasteiger partial charge in [-0.1, -0.05) is 23.2 Å². The maximum absolute atomic E-state index is 13.4. The van der Waals surface area contributed by atoms with Crippen molar-refractivity contribution in [3.05, 3.63) is 50.7 Å². The molecule has 2 aromatic carbocycles. The van der Waals surface area contributed by atoms with Crippen molar-refractivity contribution < 1.29 is 4.39 Å². The molecule has 0 atom stereocenters. The van der Waals surface area contributed by atoms with Crippen LogP contribution < -0.4 is 11.1 Å². The first-order valence-electron chi connectivity index (χ1n) is 4.94. The maximum Gasteiger partial charge on any atom is 0.139 e. The van der Waals surface area contributed by atoms with Gasteiger partial charge in [0.15, 0.2) is 0 Å². The van der Waals surface area contributed by atoms with Crippen LogP contribution in [0.2, 0.25) is 10.0 Å².